The molecule has 15 heavy (non-hydrogen) atoms. The predicted octanol–water partition coefficient (Wildman–Crippen LogP) is -0.721. The summed E-state index contributed by atoms with van der Waals surface area (Å²) < 4.78 is 22.5. The summed E-state index contributed by atoms with van der Waals surface area (Å²) in [7, 11) is -4.01. The summed E-state index contributed by atoms with van der Waals surface area (Å²) in [5, 5.41) is 11.0. The molecule has 1 aromatic heterocycles. The van der Waals surface area contributed by atoms with Crippen molar-refractivity contribution < 1.29 is 13.2 Å². The first-order chi connectivity index (χ1) is 6.75. The molecule has 1 rings (SSSR count). The maximum Gasteiger partial charge on any atom is 0.270 e. The van der Waals surface area contributed by atoms with Crippen molar-refractivity contribution in [1.29, 1.82) is 0 Å². The minimum atomic E-state index is -4.01. The first-order valence-electron chi connectivity index (χ1n) is 4.16. The second-order valence-electron chi connectivity index (χ2n) is 3.38. The first-order valence-corrected chi connectivity index (χ1v) is 5.70. The quantitative estimate of drug-likeness (QED) is 0.634. The monoisotopic (exact) mass is 232 g/mol. The van der Waals surface area contributed by atoms with Crippen molar-refractivity contribution in [2.24, 2.45) is 10.9 Å². The number of nitrogens with one attached hydrogen (secondary N) is 1. The van der Waals surface area contributed by atoms with Crippen LogP contribution in [-0.4, -0.2) is 24.5 Å². The zero-order valence-corrected chi connectivity index (χ0v) is 9.13. The Morgan fingerprint density at radius 1 is 1.47 bits per heavy atom. The van der Waals surface area contributed by atoms with Crippen molar-refractivity contribution >= 4 is 15.9 Å². The lowest BCUT2D eigenvalue weighted by Gasteiger charge is -2.04. The zero-order chi connectivity index (χ0) is 11.8. The number of carbonyl (C=O) groups is 1. The van der Waals surface area contributed by atoms with E-state index in [-0.39, 0.29) is 22.2 Å². The number of amides is 1. The molecule has 0 spiro atoms. The summed E-state index contributed by atoms with van der Waals surface area (Å²) in [5.74, 6) is -1.08. The van der Waals surface area contributed by atoms with Gasteiger partial charge in [-0.15, -0.1) is 0 Å². The third kappa shape index (κ3) is 2.16. The summed E-state index contributed by atoms with van der Waals surface area (Å²) in [5.41, 5.74) is 4.92. The Balaban J connectivity index is 3.55. The Morgan fingerprint density at radius 3 is 2.33 bits per heavy atom. The Bertz CT molecular complexity index is 488. The van der Waals surface area contributed by atoms with Crippen LogP contribution < -0.4 is 10.9 Å². The topological polar surface area (TPSA) is 132 Å². The van der Waals surface area contributed by atoms with Gasteiger partial charge in [-0.1, -0.05) is 13.8 Å². The molecule has 0 fully saturated rings. The van der Waals surface area contributed by atoms with Gasteiger partial charge in [0.2, 0.25) is 10.0 Å². The van der Waals surface area contributed by atoms with Gasteiger partial charge in [-0.3, -0.25) is 9.89 Å². The molecular formula is C7H12N4O3S. The van der Waals surface area contributed by atoms with Gasteiger partial charge in [0.05, 0.1) is 5.69 Å². The fraction of sp³-hybridized carbons (Fsp3) is 0.429. The van der Waals surface area contributed by atoms with Crippen LogP contribution in [0.4, 0.5) is 0 Å². The lowest BCUT2D eigenvalue weighted by Crippen LogP contribution is -2.21. The van der Waals surface area contributed by atoms with Gasteiger partial charge in [0.1, 0.15) is 4.90 Å². The highest BCUT2D eigenvalue weighted by Gasteiger charge is 2.27. The molecule has 0 aliphatic rings. The van der Waals surface area contributed by atoms with E-state index in [1.807, 2.05) is 0 Å². The van der Waals surface area contributed by atoms with E-state index in [9.17, 15) is 13.2 Å². The zero-order valence-electron chi connectivity index (χ0n) is 8.31. The standard InChI is InChI=1S/C7H12N4O3S/c1-3(2)4-6(15(9,13)14)5(7(8)12)11-10-4/h3H,1-2H3,(H2,8,12)(H,10,11)(H2,9,13,14). The highest BCUT2D eigenvalue weighted by Crippen LogP contribution is 2.23. The van der Waals surface area contributed by atoms with Gasteiger partial charge in [-0.05, 0) is 5.92 Å². The number of rotatable bonds is 3. The van der Waals surface area contributed by atoms with Crippen LogP contribution in [0.15, 0.2) is 4.90 Å². The van der Waals surface area contributed by atoms with Gasteiger partial charge in [0, 0.05) is 0 Å². The smallest absolute Gasteiger partial charge is 0.270 e. The third-order valence-corrected chi connectivity index (χ3v) is 2.83. The first kappa shape index (κ1) is 11.7. The van der Waals surface area contributed by atoms with Crippen LogP contribution in [0.25, 0.3) is 0 Å². The predicted molar refractivity (Wildman–Crippen MR) is 52.6 cm³/mol. The van der Waals surface area contributed by atoms with Gasteiger partial charge in [-0.2, -0.15) is 5.10 Å². The van der Waals surface area contributed by atoms with Crippen LogP contribution in [0.2, 0.25) is 0 Å². The molecule has 1 heterocycles. The molecular weight excluding hydrogens is 220 g/mol. The fourth-order valence-corrected chi connectivity index (χ4v) is 2.20. The van der Waals surface area contributed by atoms with E-state index in [1.165, 1.54) is 0 Å². The lowest BCUT2D eigenvalue weighted by atomic mass is 10.1. The van der Waals surface area contributed by atoms with Crippen LogP contribution in [0.5, 0.6) is 0 Å². The summed E-state index contributed by atoms with van der Waals surface area (Å²) in [6.07, 6.45) is 0. The van der Waals surface area contributed by atoms with Crippen molar-refractivity contribution in [3.63, 3.8) is 0 Å². The number of hydrogen-bond acceptors (Lipinski definition) is 4. The normalized spacial score (nSPS) is 12.0. The Labute approximate surface area is 86.9 Å². The molecule has 1 amide bonds. The van der Waals surface area contributed by atoms with Crippen LogP contribution in [0.1, 0.15) is 35.9 Å². The average Bonchev–Trinajstić information content (AvgIpc) is 2.45. The molecule has 0 aliphatic carbocycles. The van der Waals surface area contributed by atoms with Crippen molar-refractivity contribution in [3.05, 3.63) is 11.4 Å². The maximum atomic E-state index is 11.3. The molecule has 5 N–H and O–H groups in total. The third-order valence-electron chi connectivity index (χ3n) is 1.84. The molecule has 7 nitrogen and oxygen atoms in total. The van der Waals surface area contributed by atoms with Crippen molar-refractivity contribution in [3.8, 4) is 0 Å². The Morgan fingerprint density at radius 2 is 2.00 bits per heavy atom. The second-order valence-corrected chi connectivity index (χ2v) is 4.88. The Hall–Kier alpha value is -1.41. The Kier molecular flexibility index (Phi) is 2.82. The number of carbonyl (C=O) groups excluding carboxylic acids is 1. The highest BCUT2D eigenvalue weighted by atomic mass is 32.2. The summed E-state index contributed by atoms with van der Waals surface area (Å²) >= 11 is 0. The number of aromatic amines is 1. The van der Waals surface area contributed by atoms with Gasteiger partial charge in [0.15, 0.2) is 5.69 Å². The minimum Gasteiger partial charge on any atom is -0.364 e. The summed E-state index contributed by atoms with van der Waals surface area (Å²) in [4.78, 5) is 10.6. The number of aromatic nitrogens is 2. The fourth-order valence-electron chi connectivity index (χ4n) is 1.19. The molecule has 8 heteroatoms. The van der Waals surface area contributed by atoms with E-state index in [0.29, 0.717) is 0 Å². The van der Waals surface area contributed by atoms with E-state index in [1.54, 1.807) is 13.8 Å². The van der Waals surface area contributed by atoms with E-state index in [4.69, 9.17) is 10.9 Å². The molecule has 0 radical (unpaired) electrons. The maximum absolute atomic E-state index is 11.3. The van der Waals surface area contributed by atoms with E-state index >= 15 is 0 Å². The van der Waals surface area contributed by atoms with Gasteiger partial charge in [-0.25, -0.2) is 13.6 Å². The molecule has 1 aromatic rings. The van der Waals surface area contributed by atoms with Gasteiger partial charge < -0.3 is 5.73 Å². The van der Waals surface area contributed by atoms with Gasteiger partial charge >= 0.3 is 0 Å². The van der Waals surface area contributed by atoms with E-state index in [2.05, 4.69) is 10.2 Å². The van der Waals surface area contributed by atoms with Gasteiger partial charge in [0.25, 0.3) is 5.91 Å². The number of primary amides is 1. The van der Waals surface area contributed by atoms with Crippen LogP contribution >= 0.6 is 0 Å². The van der Waals surface area contributed by atoms with E-state index < -0.39 is 15.9 Å². The number of H-pyrrole nitrogens is 1. The van der Waals surface area contributed by atoms with Crippen molar-refractivity contribution in [2.75, 3.05) is 0 Å². The van der Waals surface area contributed by atoms with E-state index in [0.717, 1.165) is 0 Å². The molecule has 0 aromatic carbocycles. The number of primary sulfonamides is 1. The summed E-state index contributed by atoms with van der Waals surface area (Å²) in [6.45, 7) is 3.49. The second kappa shape index (κ2) is 3.63. The molecule has 0 saturated heterocycles. The molecule has 0 bridgehead atoms. The lowest BCUT2D eigenvalue weighted by molar-refractivity contribution is 0.0992. The van der Waals surface area contributed by atoms with Crippen LogP contribution in [0, 0.1) is 0 Å². The van der Waals surface area contributed by atoms with Crippen LogP contribution in [0.3, 0.4) is 0 Å². The molecule has 0 saturated carbocycles. The van der Waals surface area contributed by atoms with Crippen molar-refractivity contribution in [1.82, 2.24) is 10.2 Å². The highest BCUT2D eigenvalue weighted by molar-refractivity contribution is 7.89. The number of nitrogens with zero attached hydrogens (tertiary/aromatic N) is 1. The number of sulfonamides is 1. The average molecular weight is 232 g/mol. The van der Waals surface area contributed by atoms with Crippen molar-refractivity contribution in [2.45, 2.75) is 24.7 Å². The molecule has 84 valence electrons. The summed E-state index contributed by atoms with van der Waals surface area (Å²) in [6, 6.07) is 0. The largest absolute Gasteiger partial charge is 0.364 e. The molecule has 0 atom stereocenters. The number of nitrogens with two attached hydrogens (primary N) is 2. The molecule has 0 unspecified atom stereocenters. The SMILES string of the molecule is CC(C)c1[nH]nc(C(N)=O)c1S(N)(=O)=O. The van der Waals surface area contributed by atoms with Crippen LogP contribution in [-0.2, 0) is 10.0 Å². The number of hydrogen-bond donors (Lipinski definition) is 3. The molecule has 0 aliphatic heterocycles. The minimum absolute atomic E-state index is 0.154.